The maximum absolute atomic E-state index is 13.3. The first-order chi connectivity index (χ1) is 15.2. The highest BCUT2D eigenvalue weighted by Gasteiger charge is 2.51. The number of hydrogen-bond donors (Lipinski definition) is 2. The summed E-state index contributed by atoms with van der Waals surface area (Å²) in [7, 11) is -3.51. The van der Waals surface area contributed by atoms with E-state index in [0.717, 1.165) is 60.3 Å². The number of carbonyl (C=O) groups is 1. The minimum absolute atomic E-state index is 0.0959. The molecule has 1 unspecified atom stereocenters. The average Bonchev–Trinajstić information content (AvgIpc) is 3.03. The lowest BCUT2D eigenvalue weighted by Crippen LogP contribution is -2.33. The monoisotopic (exact) mass is 456 g/mol. The molecule has 32 heavy (non-hydrogen) atoms. The van der Waals surface area contributed by atoms with E-state index in [1.165, 1.54) is 19.0 Å². The van der Waals surface area contributed by atoms with Gasteiger partial charge in [-0.2, -0.15) is 5.10 Å². The van der Waals surface area contributed by atoms with Crippen molar-refractivity contribution in [2.45, 2.75) is 75.6 Å². The molecule has 1 atom stereocenters. The molecule has 1 spiro atoms. The summed E-state index contributed by atoms with van der Waals surface area (Å²) in [6.45, 7) is 5.18. The number of hydrogen-bond acceptors (Lipinski definition) is 5. The molecule has 0 radical (unpaired) electrons. The summed E-state index contributed by atoms with van der Waals surface area (Å²) in [6.07, 6.45) is 8.58. The largest absolute Gasteiger partial charge is 0.476 e. The molecule has 2 aromatic rings. The van der Waals surface area contributed by atoms with Crippen LogP contribution in [0.25, 0.3) is 0 Å². The van der Waals surface area contributed by atoms with Crippen molar-refractivity contribution in [3.05, 3.63) is 28.7 Å². The van der Waals surface area contributed by atoms with E-state index < -0.39 is 15.9 Å². The highest BCUT2D eigenvalue weighted by atomic mass is 32.2. The molecule has 4 aliphatic rings. The third-order valence-corrected chi connectivity index (χ3v) is 8.58. The first-order valence-electron chi connectivity index (χ1n) is 11.3. The van der Waals surface area contributed by atoms with Crippen molar-refractivity contribution in [1.82, 2.24) is 14.8 Å². The average molecular weight is 457 g/mol. The molecule has 3 N–H and O–H groups in total. The van der Waals surface area contributed by atoms with Crippen molar-refractivity contribution >= 4 is 21.6 Å². The smallest absolute Gasteiger partial charge is 0.354 e. The summed E-state index contributed by atoms with van der Waals surface area (Å²) in [5.41, 5.74) is 5.41. The van der Waals surface area contributed by atoms with Crippen LogP contribution in [0, 0.1) is 5.41 Å². The zero-order chi connectivity index (χ0) is 22.3. The van der Waals surface area contributed by atoms with Gasteiger partial charge in [0, 0.05) is 16.5 Å². The molecule has 3 aliphatic carbocycles. The summed E-state index contributed by atoms with van der Waals surface area (Å²) in [5, 5.41) is 13.3. The molecule has 1 aliphatic heterocycles. The number of ether oxygens (including phenoxy) is 1. The number of amides is 2. The van der Waals surface area contributed by atoms with Crippen LogP contribution < -0.4 is 15.2 Å². The van der Waals surface area contributed by atoms with Gasteiger partial charge in [0.25, 0.3) is 0 Å². The van der Waals surface area contributed by atoms with Crippen molar-refractivity contribution in [3.63, 3.8) is 0 Å². The van der Waals surface area contributed by atoms with Crippen LogP contribution in [0.5, 0.6) is 5.88 Å². The van der Waals surface area contributed by atoms with E-state index in [4.69, 9.17) is 14.9 Å². The van der Waals surface area contributed by atoms with Crippen LogP contribution in [0.4, 0.5) is 10.5 Å². The SMILES string of the molecule is CC1(C)COc2c(S(N)(=O)=NC(=O)Nc3c4c(nc5c3CCC53CC3)CCC4)cnn2C1. The number of nitrogens with two attached hydrogens (primary N) is 1. The number of aromatic nitrogens is 3. The zero-order valence-electron chi connectivity index (χ0n) is 18.4. The Bertz CT molecular complexity index is 1280. The fourth-order valence-electron chi connectivity index (χ4n) is 5.41. The lowest BCUT2D eigenvalue weighted by atomic mass is 9.94. The Balaban J connectivity index is 1.34. The van der Waals surface area contributed by atoms with Crippen LogP contribution in [0.2, 0.25) is 0 Å². The van der Waals surface area contributed by atoms with Gasteiger partial charge in [-0.05, 0) is 56.1 Å². The molecule has 1 fully saturated rings. The van der Waals surface area contributed by atoms with Crippen molar-refractivity contribution in [2.75, 3.05) is 11.9 Å². The molecular weight excluding hydrogens is 428 g/mol. The highest BCUT2D eigenvalue weighted by Crippen LogP contribution is 2.58. The van der Waals surface area contributed by atoms with Crippen LogP contribution in [0.15, 0.2) is 15.5 Å². The summed E-state index contributed by atoms with van der Waals surface area (Å²) >= 11 is 0. The Morgan fingerprint density at radius 1 is 1.25 bits per heavy atom. The van der Waals surface area contributed by atoms with Gasteiger partial charge in [-0.25, -0.2) is 18.8 Å². The molecule has 9 nitrogen and oxygen atoms in total. The lowest BCUT2D eigenvalue weighted by Gasteiger charge is -2.30. The number of aryl methyl sites for hydroxylation is 1. The quantitative estimate of drug-likeness (QED) is 0.718. The van der Waals surface area contributed by atoms with E-state index in [0.29, 0.717) is 19.0 Å². The number of urea groups is 1. The Morgan fingerprint density at radius 3 is 2.84 bits per heavy atom. The van der Waals surface area contributed by atoms with Gasteiger partial charge in [-0.1, -0.05) is 13.8 Å². The Hall–Kier alpha value is -2.46. The summed E-state index contributed by atoms with van der Waals surface area (Å²) in [4.78, 5) is 18.1. The van der Waals surface area contributed by atoms with Crippen LogP contribution >= 0.6 is 0 Å². The van der Waals surface area contributed by atoms with Crippen LogP contribution in [0.1, 0.15) is 62.0 Å². The number of anilines is 1. The predicted octanol–water partition coefficient (Wildman–Crippen LogP) is 3.10. The zero-order valence-corrected chi connectivity index (χ0v) is 19.3. The molecule has 0 aromatic carbocycles. The number of rotatable bonds is 2. The molecular formula is C22H28N6O3S. The number of pyridine rings is 1. The second kappa shape index (κ2) is 6.54. The van der Waals surface area contributed by atoms with Gasteiger partial charge in [-0.15, -0.1) is 4.36 Å². The van der Waals surface area contributed by atoms with Gasteiger partial charge in [0.1, 0.15) is 4.90 Å². The first kappa shape index (κ1) is 20.2. The molecule has 2 amide bonds. The highest BCUT2D eigenvalue weighted by molar-refractivity contribution is 7.91. The molecule has 6 rings (SSSR count). The summed E-state index contributed by atoms with van der Waals surface area (Å²) in [6, 6.07) is -0.701. The Morgan fingerprint density at radius 2 is 2.06 bits per heavy atom. The van der Waals surface area contributed by atoms with E-state index >= 15 is 0 Å². The van der Waals surface area contributed by atoms with Crippen molar-refractivity contribution in [1.29, 1.82) is 0 Å². The standard InChI is InChI=1S/C22H28N6O3S/c1-21(2)11-28-19(31-12-21)16(10-24-28)32(23,30)27-20(29)26-17-13-4-3-5-15(13)25-18-14(17)6-7-22(18)8-9-22/h10H,3-9,11-12H2,1-2H3,(H3,23,25,26,27,29,30). The van der Waals surface area contributed by atoms with Crippen molar-refractivity contribution in [3.8, 4) is 5.88 Å². The number of carbonyl (C=O) groups excluding carboxylic acids is 1. The van der Waals surface area contributed by atoms with Crippen LogP contribution in [-0.2, 0) is 41.1 Å². The number of nitrogens with one attached hydrogen (secondary N) is 1. The molecule has 170 valence electrons. The second-order valence-corrected chi connectivity index (χ2v) is 12.1. The van der Waals surface area contributed by atoms with Gasteiger partial charge in [0.15, 0.2) is 9.92 Å². The maximum atomic E-state index is 13.3. The molecule has 3 heterocycles. The van der Waals surface area contributed by atoms with Crippen molar-refractivity contribution in [2.24, 2.45) is 14.9 Å². The third-order valence-electron chi connectivity index (χ3n) is 7.24. The summed E-state index contributed by atoms with van der Waals surface area (Å²) in [5.74, 6) is 0.328. The molecule has 0 saturated heterocycles. The lowest BCUT2D eigenvalue weighted by molar-refractivity contribution is 0.0972. The minimum Gasteiger partial charge on any atom is -0.476 e. The first-order valence-corrected chi connectivity index (χ1v) is 12.9. The van der Waals surface area contributed by atoms with E-state index in [1.54, 1.807) is 4.68 Å². The molecule has 10 heteroatoms. The van der Waals surface area contributed by atoms with Gasteiger partial charge in [0.2, 0.25) is 5.88 Å². The molecule has 0 bridgehead atoms. The van der Waals surface area contributed by atoms with Gasteiger partial charge >= 0.3 is 6.03 Å². The minimum atomic E-state index is -3.51. The number of fused-ring (bicyclic) bond motifs is 4. The van der Waals surface area contributed by atoms with Crippen LogP contribution in [-0.4, -0.2) is 31.6 Å². The van der Waals surface area contributed by atoms with Crippen molar-refractivity contribution < 1.29 is 13.7 Å². The topological polar surface area (TPSA) is 124 Å². The normalized spacial score (nSPS) is 23.0. The number of nitrogens with zero attached hydrogens (tertiary/aromatic N) is 4. The predicted molar refractivity (Wildman–Crippen MR) is 119 cm³/mol. The maximum Gasteiger partial charge on any atom is 0.354 e. The van der Waals surface area contributed by atoms with Gasteiger partial charge < -0.3 is 10.1 Å². The second-order valence-electron chi connectivity index (χ2n) is 10.4. The molecule has 2 aromatic heterocycles. The van der Waals surface area contributed by atoms with E-state index in [2.05, 4.69) is 28.6 Å². The van der Waals surface area contributed by atoms with Gasteiger partial charge in [0.05, 0.1) is 30.7 Å². The Kier molecular flexibility index (Phi) is 4.12. The third kappa shape index (κ3) is 3.07. The Labute approximate surface area is 187 Å². The molecule has 1 saturated carbocycles. The van der Waals surface area contributed by atoms with E-state index in [1.807, 2.05) is 0 Å². The van der Waals surface area contributed by atoms with E-state index in [9.17, 15) is 9.00 Å². The fraction of sp³-hybridized carbons (Fsp3) is 0.591. The van der Waals surface area contributed by atoms with Gasteiger partial charge in [-0.3, -0.25) is 4.98 Å². The summed E-state index contributed by atoms with van der Waals surface area (Å²) < 4.78 is 24.6. The fourth-order valence-corrected chi connectivity index (χ4v) is 6.41. The van der Waals surface area contributed by atoms with E-state index in [-0.39, 0.29) is 15.7 Å². The van der Waals surface area contributed by atoms with Crippen LogP contribution in [0.3, 0.4) is 0 Å².